The fraction of sp³-hybridized carbons (Fsp3) is 0.831. The van der Waals surface area contributed by atoms with Crippen LogP contribution in [0.2, 0.25) is 0 Å². The highest BCUT2D eigenvalue weighted by atomic mass is 16.7. The predicted octanol–water partition coefficient (Wildman–Crippen LogP) is 17.3. The number of aliphatic hydroxyl groups is 5. The zero-order valence-electron chi connectivity index (χ0n) is 52.9. The van der Waals surface area contributed by atoms with Crippen LogP contribution in [0.5, 0.6) is 0 Å². The minimum absolute atomic E-state index is 0.0106. The number of nitrogens with one attached hydrogen (secondary N) is 1. The van der Waals surface area contributed by atoms with E-state index in [1.54, 1.807) is 6.08 Å². The Balaban J connectivity index is 1.94. The summed E-state index contributed by atoms with van der Waals surface area (Å²) in [6.45, 7) is 4.30. The third-order valence-corrected chi connectivity index (χ3v) is 16.1. The van der Waals surface area contributed by atoms with Crippen LogP contribution in [0.3, 0.4) is 0 Å². The van der Waals surface area contributed by atoms with E-state index in [-0.39, 0.29) is 18.5 Å². The summed E-state index contributed by atoms with van der Waals surface area (Å²) < 4.78 is 16.7. The van der Waals surface area contributed by atoms with Gasteiger partial charge in [-0.2, -0.15) is 0 Å². The number of unbranched alkanes of at least 4 members (excludes halogenated alkanes) is 38. The number of carbonyl (C=O) groups is 2. The quantitative estimate of drug-likeness (QED) is 0.0195. The topological polar surface area (TPSA) is 175 Å². The Kier molecular flexibility index (Phi) is 56.7. The molecule has 0 aromatic heterocycles. The van der Waals surface area contributed by atoms with Crippen molar-refractivity contribution in [3.63, 3.8) is 0 Å². The molecule has 1 heterocycles. The van der Waals surface area contributed by atoms with E-state index in [0.717, 1.165) is 77.0 Å². The normalized spacial score (nSPS) is 18.5. The average Bonchev–Trinajstić information content (AvgIpc) is 3.64. The van der Waals surface area contributed by atoms with Crippen molar-refractivity contribution in [2.75, 3.05) is 19.8 Å². The van der Waals surface area contributed by atoms with Crippen LogP contribution in [0, 0.1) is 0 Å². The summed E-state index contributed by atoms with van der Waals surface area (Å²) in [6.07, 6.45) is 69.3. The van der Waals surface area contributed by atoms with E-state index < -0.39 is 49.5 Å². The summed E-state index contributed by atoms with van der Waals surface area (Å²) >= 11 is 0. The van der Waals surface area contributed by atoms with E-state index in [1.165, 1.54) is 212 Å². The molecule has 82 heavy (non-hydrogen) atoms. The number of hydrogen-bond donors (Lipinski definition) is 6. The Bertz CT molecular complexity index is 1550. The van der Waals surface area contributed by atoms with Crippen molar-refractivity contribution in [3.8, 4) is 0 Å². The molecule has 0 aromatic rings. The third kappa shape index (κ3) is 48.6. The number of amides is 1. The smallest absolute Gasteiger partial charge is 0.305 e. The van der Waals surface area contributed by atoms with Gasteiger partial charge in [-0.15, -0.1) is 0 Å². The standard InChI is InChI=1S/C71H129NO10/c1-3-5-7-9-11-13-14-15-16-33-36-39-43-47-51-55-59-67(76)80-60-56-52-48-44-40-37-34-31-29-27-25-23-21-19-17-18-20-22-24-26-28-30-32-35-38-42-46-50-54-58-66(75)72-63(64(74)57-53-49-45-41-12-10-8-6-4-2)62-81-71-70(79)69(78)68(77)65(61-73)82-71/h13-14,16-17,19,23,25,33,53,57,63-65,68-71,73-74,77-79H,3-12,15,18,20-22,24,26-32,34-52,54-56,58-62H2,1-2H3,(H,72,75)/b14-13-,19-17-,25-23-,33-16-,57-53+. The molecule has 1 amide bonds. The monoisotopic (exact) mass is 1160 g/mol. The second kappa shape index (κ2) is 60.1. The Labute approximate surface area is 503 Å². The highest BCUT2D eigenvalue weighted by molar-refractivity contribution is 5.76. The van der Waals surface area contributed by atoms with Crippen molar-refractivity contribution in [2.24, 2.45) is 0 Å². The van der Waals surface area contributed by atoms with Gasteiger partial charge in [0, 0.05) is 12.8 Å². The minimum atomic E-state index is -1.57. The number of aliphatic hydroxyl groups excluding tert-OH is 5. The number of carbonyl (C=O) groups excluding carboxylic acids is 2. The maximum absolute atomic E-state index is 13.0. The molecule has 1 fully saturated rings. The van der Waals surface area contributed by atoms with E-state index in [0.29, 0.717) is 19.4 Å². The first-order chi connectivity index (χ1) is 40.2. The van der Waals surface area contributed by atoms with E-state index >= 15 is 0 Å². The van der Waals surface area contributed by atoms with Gasteiger partial charge in [-0.05, 0) is 96.3 Å². The summed E-state index contributed by atoms with van der Waals surface area (Å²) in [5, 5.41) is 54.3. The van der Waals surface area contributed by atoms with Crippen LogP contribution in [-0.4, -0.2) is 100 Å². The molecule has 0 spiro atoms. The maximum Gasteiger partial charge on any atom is 0.305 e. The molecular weight excluding hydrogens is 1030 g/mol. The van der Waals surface area contributed by atoms with Gasteiger partial charge in [-0.3, -0.25) is 9.59 Å². The van der Waals surface area contributed by atoms with Crippen LogP contribution in [0.25, 0.3) is 0 Å². The number of ether oxygens (including phenoxy) is 3. The number of allylic oxidation sites excluding steroid dienone is 9. The molecule has 478 valence electrons. The number of hydrogen-bond acceptors (Lipinski definition) is 10. The fourth-order valence-corrected chi connectivity index (χ4v) is 10.6. The molecule has 1 saturated heterocycles. The lowest BCUT2D eigenvalue weighted by molar-refractivity contribution is -0.302. The molecule has 11 heteroatoms. The zero-order valence-corrected chi connectivity index (χ0v) is 52.9. The lowest BCUT2D eigenvalue weighted by atomic mass is 9.99. The molecule has 0 aromatic carbocycles. The molecule has 7 unspecified atom stereocenters. The van der Waals surface area contributed by atoms with Gasteiger partial charge in [-0.1, -0.05) is 267 Å². The van der Waals surface area contributed by atoms with Crippen molar-refractivity contribution in [3.05, 3.63) is 60.8 Å². The maximum atomic E-state index is 13.0. The lowest BCUT2D eigenvalue weighted by Gasteiger charge is -2.40. The summed E-state index contributed by atoms with van der Waals surface area (Å²) in [5.41, 5.74) is 0. The predicted molar refractivity (Wildman–Crippen MR) is 343 cm³/mol. The minimum Gasteiger partial charge on any atom is -0.466 e. The largest absolute Gasteiger partial charge is 0.466 e. The van der Waals surface area contributed by atoms with Crippen molar-refractivity contribution >= 4 is 11.9 Å². The molecule has 1 aliphatic heterocycles. The zero-order chi connectivity index (χ0) is 59.5. The van der Waals surface area contributed by atoms with Gasteiger partial charge in [0.15, 0.2) is 6.29 Å². The number of rotatable bonds is 60. The average molecular weight is 1160 g/mol. The summed E-state index contributed by atoms with van der Waals surface area (Å²) in [5.74, 6) is -0.195. The lowest BCUT2D eigenvalue weighted by Crippen LogP contribution is -2.60. The molecule has 0 saturated carbocycles. The van der Waals surface area contributed by atoms with Crippen LogP contribution >= 0.6 is 0 Å². The third-order valence-electron chi connectivity index (χ3n) is 16.1. The highest BCUT2D eigenvalue weighted by Crippen LogP contribution is 2.23. The van der Waals surface area contributed by atoms with E-state index in [2.05, 4.69) is 67.8 Å². The Morgan fingerprint density at radius 2 is 0.817 bits per heavy atom. The molecule has 1 rings (SSSR count). The van der Waals surface area contributed by atoms with Gasteiger partial charge in [0.05, 0.1) is 32.0 Å². The van der Waals surface area contributed by atoms with Gasteiger partial charge in [0.2, 0.25) is 5.91 Å². The molecule has 1 aliphatic rings. The molecule has 11 nitrogen and oxygen atoms in total. The van der Waals surface area contributed by atoms with Crippen LogP contribution in [0.1, 0.15) is 316 Å². The van der Waals surface area contributed by atoms with Gasteiger partial charge in [-0.25, -0.2) is 0 Å². The van der Waals surface area contributed by atoms with Crippen LogP contribution in [0.4, 0.5) is 0 Å². The van der Waals surface area contributed by atoms with Gasteiger partial charge in [0.25, 0.3) is 0 Å². The van der Waals surface area contributed by atoms with Crippen LogP contribution in [-0.2, 0) is 23.8 Å². The first-order valence-corrected chi connectivity index (χ1v) is 34.6. The molecule has 7 atom stereocenters. The van der Waals surface area contributed by atoms with Crippen molar-refractivity contribution in [2.45, 2.75) is 358 Å². The molecule has 0 radical (unpaired) electrons. The molecule has 0 bridgehead atoms. The Hall–Kier alpha value is -2.64. The first kappa shape index (κ1) is 77.4. The van der Waals surface area contributed by atoms with Gasteiger partial charge >= 0.3 is 5.97 Å². The summed E-state index contributed by atoms with van der Waals surface area (Å²) in [4.78, 5) is 25.1. The van der Waals surface area contributed by atoms with Gasteiger partial charge in [0.1, 0.15) is 24.4 Å². The highest BCUT2D eigenvalue weighted by Gasteiger charge is 2.44. The van der Waals surface area contributed by atoms with Crippen LogP contribution in [0.15, 0.2) is 60.8 Å². The molecule has 6 N–H and O–H groups in total. The second-order valence-corrected chi connectivity index (χ2v) is 23.9. The van der Waals surface area contributed by atoms with Gasteiger partial charge < -0.3 is 45.1 Å². The van der Waals surface area contributed by atoms with Crippen LogP contribution < -0.4 is 5.32 Å². The fourth-order valence-electron chi connectivity index (χ4n) is 10.6. The SMILES string of the molecule is CCCCCC/C=C\C/C=C\CCCCCCCC(=O)OCCCCCCCCCCC/C=C\C/C=C\CCCCCCCCCCCCCCCC(=O)NC(COC1OC(CO)C(O)C(O)C1O)C(O)/C=C/CCCCCCCCC. The summed E-state index contributed by atoms with van der Waals surface area (Å²) in [6, 6.07) is -0.810. The van der Waals surface area contributed by atoms with E-state index in [1.807, 2.05) is 6.08 Å². The molecule has 0 aliphatic carbocycles. The van der Waals surface area contributed by atoms with E-state index in [9.17, 15) is 35.1 Å². The molecular formula is C71H129NO10. The van der Waals surface area contributed by atoms with Crippen molar-refractivity contribution in [1.29, 1.82) is 0 Å². The Morgan fingerprint density at radius 3 is 1.24 bits per heavy atom. The Morgan fingerprint density at radius 1 is 0.451 bits per heavy atom. The summed E-state index contributed by atoms with van der Waals surface area (Å²) in [7, 11) is 0. The van der Waals surface area contributed by atoms with Crippen molar-refractivity contribution < 1.29 is 49.3 Å². The van der Waals surface area contributed by atoms with E-state index in [4.69, 9.17) is 14.2 Å². The number of esters is 1. The first-order valence-electron chi connectivity index (χ1n) is 34.6. The van der Waals surface area contributed by atoms with Crippen molar-refractivity contribution in [1.82, 2.24) is 5.32 Å². The second-order valence-electron chi connectivity index (χ2n) is 23.9.